The number of carbonyl (C=O) groups excluding carboxylic acids is 1. The van der Waals surface area contributed by atoms with Gasteiger partial charge in [0.2, 0.25) is 0 Å². The number of amides is 1. The molecule has 1 fully saturated rings. The van der Waals surface area contributed by atoms with Gasteiger partial charge in [-0.15, -0.1) is 0 Å². The molecule has 5 nitrogen and oxygen atoms in total. The molecule has 1 aliphatic rings. The molecule has 0 spiro atoms. The zero-order chi connectivity index (χ0) is 19.6. The smallest absolute Gasteiger partial charge is 0.335 e. The maximum absolute atomic E-state index is 12.7. The lowest BCUT2D eigenvalue weighted by Crippen LogP contribution is -2.28. The summed E-state index contributed by atoms with van der Waals surface area (Å²) in [5, 5.41) is 10.5. The van der Waals surface area contributed by atoms with Crippen LogP contribution in [0.25, 0.3) is 6.08 Å². The maximum Gasteiger partial charge on any atom is 0.335 e. The number of aliphatic imine (C=N–C) groups is 1. The number of thioether (sulfide) groups is 1. The average molecular weight is 421 g/mol. The van der Waals surface area contributed by atoms with E-state index < -0.39 is 5.97 Å². The fraction of sp³-hybridized carbons (Fsp3) is 0.105. The lowest BCUT2D eigenvalue weighted by atomic mass is 10.2. The zero-order valence-corrected chi connectivity index (χ0v) is 16.5. The number of carboxylic acids is 1. The Bertz CT molecular complexity index is 971. The van der Waals surface area contributed by atoms with Gasteiger partial charge < -0.3 is 5.11 Å². The van der Waals surface area contributed by atoms with E-state index >= 15 is 0 Å². The van der Waals surface area contributed by atoms with Crippen molar-refractivity contribution >= 4 is 63.8 Å². The Labute approximate surface area is 170 Å². The van der Waals surface area contributed by atoms with Crippen molar-refractivity contribution in [2.45, 2.75) is 6.92 Å². The lowest BCUT2D eigenvalue weighted by molar-refractivity contribution is -0.122. The third-order valence-corrected chi connectivity index (χ3v) is 5.36. The molecule has 8 heteroatoms. The summed E-state index contributed by atoms with van der Waals surface area (Å²) in [7, 11) is 0. The van der Waals surface area contributed by atoms with E-state index in [9.17, 15) is 9.59 Å². The predicted octanol–water partition coefficient (Wildman–Crippen LogP) is 5.32. The lowest BCUT2D eigenvalue weighted by Gasteiger charge is -2.12. The first-order valence-corrected chi connectivity index (χ1v) is 9.55. The minimum Gasteiger partial charge on any atom is -0.478 e. The van der Waals surface area contributed by atoms with Crippen molar-refractivity contribution < 1.29 is 14.7 Å². The van der Waals surface area contributed by atoms with Crippen LogP contribution in [0.2, 0.25) is 10.0 Å². The van der Waals surface area contributed by atoms with Crippen molar-refractivity contribution in [1.82, 2.24) is 4.90 Å². The SMILES string of the molecule is CCN1C(=O)/C(=C\c2ccc(Cl)cc2Cl)SC1=Nc1ccc(C(=O)O)cc1. The fourth-order valence-electron chi connectivity index (χ4n) is 2.42. The van der Waals surface area contributed by atoms with Gasteiger partial charge in [-0.25, -0.2) is 9.79 Å². The highest BCUT2D eigenvalue weighted by Crippen LogP contribution is 2.35. The van der Waals surface area contributed by atoms with E-state index in [4.69, 9.17) is 28.3 Å². The summed E-state index contributed by atoms with van der Waals surface area (Å²) in [6.45, 7) is 2.32. The zero-order valence-electron chi connectivity index (χ0n) is 14.1. The van der Waals surface area contributed by atoms with E-state index in [0.717, 1.165) is 0 Å². The van der Waals surface area contributed by atoms with Gasteiger partial charge in [0.15, 0.2) is 5.17 Å². The van der Waals surface area contributed by atoms with Gasteiger partial charge in [-0.1, -0.05) is 29.3 Å². The van der Waals surface area contributed by atoms with E-state index in [1.807, 2.05) is 6.92 Å². The molecule has 27 heavy (non-hydrogen) atoms. The van der Waals surface area contributed by atoms with Gasteiger partial charge >= 0.3 is 5.97 Å². The Hall–Kier alpha value is -2.28. The van der Waals surface area contributed by atoms with Crippen LogP contribution in [0.1, 0.15) is 22.8 Å². The molecule has 2 aromatic carbocycles. The van der Waals surface area contributed by atoms with E-state index in [2.05, 4.69) is 4.99 Å². The number of benzene rings is 2. The summed E-state index contributed by atoms with van der Waals surface area (Å²) < 4.78 is 0. The largest absolute Gasteiger partial charge is 0.478 e. The number of hydrogen-bond donors (Lipinski definition) is 1. The van der Waals surface area contributed by atoms with Gasteiger partial charge in [0.25, 0.3) is 5.91 Å². The Morgan fingerprint density at radius 3 is 2.52 bits per heavy atom. The Balaban J connectivity index is 1.92. The van der Waals surface area contributed by atoms with Crippen LogP contribution in [-0.2, 0) is 4.79 Å². The highest BCUT2D eigenvalue weighted by atomic mass is 35.5. The standard InChI is InChI=1S/C19H14Cl2N2O3S/c1-2-23-17(24)16(9-12-3-6-13(20)10-15(12)21)27-19(23)22-14-7-4-11(5-8-14)18(25)26/h3-10H,2H2,1H3,(H,25,26)/b16-9+,22-19?. The first-order chi connectivity index (χ1) is 12.9. The highest BCUT2D eigenvalue weighted by molar-refractivity contribution is 8.18. The van der Waals surface area contributed by atoms with E-state index in [1.165, 1.54) is 23.9 Å². The van der Waals surface area contributed by atoms with Crippen LogP contribution in [0.15, 0.2) is 52.4 Å². The molecule has 0 atom stereocenters. The van der Waals surface area contributed by atoms with Crippen molar-refractivity contribution in [2.75, 3.05) is 6.54 Å². The molecule has 2 aromatic rings. The molecular weight excluding hydrogens is 407 g/mol. The first kappa shape index (κ1) is 19.5. The Morgan fingerprint density at radius 1 is 1.22 bits per heavy atom. The summed E-state index contributed by atoms with van der Waals surface area (Å²) in [6, 6.07) is 11.2. The number of likely N-dealkylation sites (N-methyl/N-ethyl adjacent to an activating group) is 1. The van der Waals surface area contributed by atoms with Crippen molar-refractivity contribution in [3.63, 3.8) is 0 Å². The average Bonchev–Trinajstić information content (AvgIpc) is 2.92. The van der Waals surface area contributed by atoms with Gasteiger partial charge in [0.1, 0.15) is 0 Å². The van der Waals surface area contributed by atoms with Gasteiger partial charge in [0.05, 0.1) is 16.2 Å². The van der Waals surface area contributed by atoms with Gasteiger partial charge in [-0.2, -0.15) is 0 Å². The van der Waals surface area contributed by atoms with Crippen LogP contribution >= 0.6 is 35.0 Å². The van der Waals surface area contributed by atoms with Crippen LogP contribution in [0.3, 0.4) is 0 Å². The molecule has 3 rings (SSSR count). The van der Waals surface area contributed by atoms with Gasteiger partial charge in [-0.3, -0.25) is 9.69 Å². The summed E-state index contributed by atoms with van der Waals surface area (Å²) >= 11 is 13.3. The molecule has 138 valence electrons. The number of halogens is 2. The van der Waals surface area contributed by atoms with Crippen LogP contribution in [-0.4, -0.2) is 33.6 Å². The number of hydrogen-bond acceptors (Lipinski definition) is 4. The van der Waals surface area contributed by atoms with E-state index in [-0.39, 0.29) is 11.5 Å². The number of amidine groups is 1. The Kier molecular flexibility index (Phi) is 5.89. The minimum absolute atomic E-state index is 0.158. The van der Waals surface area contributed by atoms with Crippen molar-refractivity contribution in [3.05, 3.63) is 68.5 Å². The van der Waals surface area contributed by atoms with Gasteiger partial charge in [-0.05, 0) is 66.7 Å². The van der Waals surface area contributed by atoms with Crippen molar-refractivity contribution in [1.29, 1.82) is 0 Å². The molecule has 1 aliphatic heterocycles. The van der Waals surface area contributed by atoms with Crippen LogP contribution in [0, 0.1) is 0 Å². The molecule has 0 radical (unpaired) electrons. The van der Waals surface area contributed by atoms with E-state index in [1.54, 1.807) is 41.3 Å². The normalized spacial score (nSPS) is 17.1. The number of nitrogens with zero attached hydrogens (tertiary/aromatic N) is 2. The number of carboxylic acid groups (broad SMARTS) is 1. The summed E-state index contributed by atoms with van der Waals surface area (Å²) in [5.41, 5.74) is 1.44. The molecule has 1 heterocycles. The fourth-order valence-corrected chi connectivity index (χ4v) is 3.94. The summed E-state index contributed by atoms with van der Waals surface area (Å²) in [6.07, 6.45) is 1.71. The molecule has 0 saturated carbocycles. The molecule has 0 bridgehead atoms. The molecule has 1 N–H and O–H groups in total. The number of carbonyl (C=O) groups is 2. The third-order valence-electron chi connectivity index (χ3n) is 3.79. The summed E-state index contributed by atoms with van der Waals surface area (Å²) in [5.74, 6) is -1.16. The predicted molar refractivity (Wildman–Crippen MR) is 110 cm³/mol. The first-order valence-electron chi connectivity index (χ1n) is 7.97. The minimum atomic E-state index is -1.00. The summed E-state index contributed by atoms with van der Waals surface area (Å²) in [4.78, 5) is 30.2. The monoisotopic (exact) mass is 420 g/mol. The number of rotatable bonds is 4. The topological polar surface area (TPSA) is 70.0 Å². The van der Waals surface area contributed by atoms with Crippen molar-refractivity contribution in [2.24, 2.45) is 4.99 Å². The number of aromatic carboxylic acids is 1. The third kappa shape index (κ3) is 4.35. The molecule has 0 aromatic heterocycles. The second kappa shape index (κ2) is 8.17. The van der Waals surface area contributed by atoms with Crippen LogP contribution in [0.4, 0.5) is 5.69 Å². The maximum atomic E-state index is 12.7. The molecule has 1 amide bonds. The quantitative estimate of drug-likeness (QED) is 0.679. The second-order valence-electron chi connectivity index (χ2n) is 5.57. The van der Waals surface area contributed by atoms with Crippen LogP contribution in [0.5, 0.6) is 0 Å². The van der Waals surface area contributed by atoms with E-state index in [0.29, 0.717) is 37.9 Å². The molecule has 0 aliphatic carbocycles. The molecular formula is C19H14Cl2N2O3S. The Morgan fingerprint density at radius 2 is 1.93 bits per heavy atom. The van der Waals surface area contributed by atoms with Crippen molar-refractivity contribution in [3.8, 4) is 0 Å². The molecule has 0 unspecified atom stereocenters. The highest BCUT2D eigenvalue weighted by Gasteiger charge is 2.32. The molecule has 1 saturated heterocycles. The second-order valence-corrected chi connectivity index (χ2v) is 7.43. The van der Waals surface area contributed by atoms with Crippen LogP contribution < -0.4 is 0 Å². The van der Waals surface area contributed by atoms with Gasteiger partial charge in [0, 0.05) is 16.6 Å².